The van der Waals surface area contributed by atoms with Crippen molar-refractivity contribution in [1.82, 2.24) is 9.88 Å². The minimum absolute atomic E-state index is 0.568. The van der Waals surface area contributed by atoms with E-state index >= 15 is 0 Å². The van der Waals surface area contributed by atoms with Crippen LogP contribution < -0.4 is 5.73 Å². The third-order valence-corrected chi connectivity index (χ3v) is 3.24. The fourth-order valence-corrected chi connectivity index (χ4v) is 1.99. The highest BCUT2D eigenvalue weighted by Crippen LogP contribution is 2.15. The molecule has 1 aliphatic heterocycles. The lowest BCUT2D eigenvalue weighted by atomic mass is 10.00. The topological polar surface area (TPSA) is 54.5 Å². The highest BCUT2D eigenvalue weighted by molar-refractivity contribution is 5.78. The number of piperidine rings is 1. The number of nitrogens with zero attached hydrogens (tertiary/aromatic N) is 3. The summed E-state index contributed by atoms with van der Waals surface area (Å²) in [5.41, 5.74) is 6.95. The van der Waals surface area contributed by atoms with Gasteiger partial charge in [-0.25, -0.2) is 4.99 Å². The number of hydrogen-bond acceptors (Lipinski definition) is 2. The van der Waals surface area contributed by atoms with E-state index in [0.29, 0.717) is 12.5 Å². The van der Waals surface area contributed by atoms with Gasteiger partial charge in [0.15, 0.2) is 5.96 Å². The smallest absolute Gasteiger partial charge is 0.191 e. The van der Waals surface area contributed by atoms with Crippen molar-refractivity contribution in [3.05, 3.63) is 30.1 Å². The van der Waals surface area contributed by atoms with Crippen LogP contribution in [0.3, 0.4) is 0 Å². The van der Waals surface area contributed by atoms with E-state index in [-0.39, 0.29) is 0 Å². The van der Waals surface area contributed by atoms with Gasteiger partial charge in [-0.15, -0.1) is 0 Å². The van der Waals surface area contributed by atoms with Crippen molar-refractivity contribution in [3.63, 3.8) is 0 Å². The van der Waals surface area contributed by atoms with Gasteiger partial charge in [0.2, 0.25) is 0 Å². The number of likely N-dealkylation sites (tertiary alicyclic amines) is 1. The fourth-order valence-electron chi connectivity index (χ4n) is 1.99. The molecule has 0 amide bonds. The Labute approximate surface area is 103 Å². The molecule has 92 valence electrons. The zero-order valence-corrected chi connectivity index (χ0v) is 10.3. The molecule has 0 aromatic carbocycles. The van der Waals surface area contributed by atoms with Crippen molar-refractivity contribution in [3.8, 4) is 0 Å². The van der Waals surface area contributed by atoms with Crippen LogP contribution in [0.5, 0.6) is 0 Å². The van der Waals surface area contributed by atoms with E-state index in [1.807, 2.05) is 18.2 Å². The van der Waals surface area contributed by atoms with Crippen molar-refractivity contribution in [2.45, 2.75) is 26.3 Å². The Bertz CT molecular complexity index is 366. The molecule has 1 aromatic heterocycles. The van der Waals surface area contributed by atoms with Gasteiger partial charge in [-0.2, -0.15) is 0 Å². The van der Waals surface area contributed by atoms with E-state index in [2.05, 4.69) is 21.8 Å². The summed E-state index contributed by atoms with van der Waals surface area (Å²) in [6.45, 7) is 4.91. The molecule has 1 aliphatic rings. The molecule has 0 bridgehead atoms. The maximum absolute atomic E-state index is 5.99. The van der Waals surface area contributed by atoms with Gasteiger partial charge in [0, 0.05) is 19.3 Å². The first-order valence-corrected chi connectivity index (χ1v) is 6.20. The molecule has 0 aliphatic carbocycles. The maximum atomic E-state index is 5.99. The SMILES string of the molecule is CC1CCN(C(N)=NCc2ccccn2)CC1. The quantitative estimate of drug-likeness (QED) is 0.623. The molecule has 0 radical (unpaired) electrons. The monoisotopic (exact) mass is 232 g/mol. The van der Waals surface area contributed by atoms with Crippen LogP contribution in [0.1, 0.15) is 25.5 Å². The Kier molecular flexibility index (Phi) is 3.96. The van der Waals surface area contributed by atoms with E-state index in [1.165, 1.54) is 12.8 Å². The predicted octanol–water partition coefficient (Wildman–Crippen LogP) is 1.63. The van der Waals surface area contributed by atoms with Gasteiger partial charge in [-0.3, -0.25) is 4.98 Å². The van der Waals surface area contributed by atoms with Crippen LogP contribution in [-0.2, 0) is 6.54 Å². The lowest BCUT2D eigenvalue weighted by molar-refractivity contribution is 0.277. The van der Waals surface area contributed by atoms with E-state index in [0.717, 1.165) is 24.7 Å². The minimum Gasteiger partial charge on any atom is -0.370 e. The molecule has 0 spiro atoms. The summed E-state index contributed by atoms with van der Waals surface area (Å²) in [6.07, 6.45) is 4.20. The minimum atomic E-state index is 0.568. The van der Waals surface area contributed by atoms with Crippen molar-refractivity contribution < 1.29 is 0 Å². The average molecular weight is 232 g/mol. The van der Waals surface area contributed by atoms with E-state index in [4.69, 9.17) is 5.73 Å². The van der Waals surface area contributed by atoms with Gasteiger partial charge in [-0.05, 0) is 30.9 Å². The second-order valence-electron chi connectivity index (χ2n) is 4.67. The third kappa shape index (κ3) is 3.44. The molecule has 1 fully saturated rings. The predicted molar refractivity (Wildman–Crippen MR) is 69.5 cm³/mol. The molecule has 17 heavy (non-hydrogen) atoms. The highest BCUT2D eigenvalue weighted by Gasteiger charge is 2.16. The van der Waals surface area contributed by atoms with Crippen LogP contribution in [0.25, 0.3) is 0 Å². The van der Waals surface area contributed by atoms with Gasteiger partial charge in [0.05, 0.1) is 12.2 Å². The summed E-state index contributed by atoms with van der Waals surface area (Å²) in [5, 5.41) is 0. The van der Waals surface area contributed by atoms with Crippen molar-refractivity contribution in [2.75, 3.05) is 13.1 Å². The third-order valence-electron chi connectivity index (χ3n) is 3.24. The van der Waals surface area contributed by atoms with Gasteiger partial charge in [-0.1, -0.05) is 13.0 Å². The molecular formula is C13H20N4. The number of aliphatic imine (C=N–C) groups is 1. The van der Waals surface area contributed by atoms with Crippen LogP contribution >= 0.6 is 0 Å². The van der Waals surface area contributed by atoms with E-state index in [9.17, 15) is 0 Å². The molecule has 0 saturated carbocycles. The lowest BCUT2D eigenvalue weighted by Gasteiger charge is -2.30. The molecule has 0 atom stereocenters. The Morgan fingerprint density at radius 2 is 2.24 bits per heavy atom. The normalized spacial score (nSPS) is 18.4. The molecule has 2 heterocycles. The summed E-state index contributed by atoms with van der Waals surface area (Å²) in [7, 11) is 0. The largest absolute Gasteiger partial charge is 0.370 e. The molecule has 1 saturated heterocycles. The van der Waals surface area contributed by atoms with Crippen molar-refractivity contribution >= 4 is 5.96 Å². The summed E-state index contributed by atoms with van der Waals surface area (Å²) < 4.78 is 0. The maximum Gasteiger partial charge on any atom is 0.191 e. The van der Waals surface area contributed by atoms with Crippen LogP contribution in [0, 0.1) is 5.92 Å². The number of nitrogens with two attached hydrogens (primary N) is 1. The number of pyridine rings is 1. The van der Waals surface area contributed by atoms with Crippen molar-refractivity contribution in [2.24, 2.45) is 16.6 Å². The van der Waals surface area contributed by atoms with Crippen molar-refractivity contribution in [1.29, 1.82) is 0 Å². The number of hydrogen-bond donors (Lipinski definition) is 1. The molecule has 1 aromatic rings. The summed E-state index contributed by atoms with van der Waals surface area (Å²) in [5.74, 6) is 1.47. The molecule has 2 rings (SSSR count). The first-order valence-electron chi connectivity index (χ1n) is 6.20. The number of guanidine groups is 1. The summed E-state index contributed by atoms with van der Waals surface area (Å²) >= 11 is 0. The highest BCUT2D eigenvalue weighted by atomic mass is 15.3. The Morgan fingerprint density at radius 1 is 1.47 bits per heavy atom. The summed E-state index contributed by atoms with van der Waals surface area (Å²) in [4.78, 5) is 10.8. The number of rotatable bonds is 2. The van der Waals surface area contributed by atoms with E-state index < -0.39 is 0 Å². The summed E-state index contributed by atoms with van der Waals surface area (Å²) in [6, 6.07) is 5.84. The first kappa shape index (κ1) is 11.9. The number of aromatic nitrogens is 1. The van der Waals surface area contributed by atoms with E-state index in [1.54, 1.807) is 6.20 Å². The van der Waals surface area contributed by atoms with Gasteiger partial charge in [0.25, 0.3) is 0 Å². The second kappa shape index (κ2) is 5.66. The van der Waals surface area contributed by atoms with Gasteiger partial charge in [0.1, 0.15) is 0 Å². The molecule has 4 nitrogen and oxygen atoms in total. The van der Waals surface area contributed by atoms with Crippen LogP contribution in [-0.4, -0.2) is 28.9 Å². The average Bonchev–Trinajstić information content (AvgIpc) is 2.38. The standard InChI is InChI=1S/C13H20N4/c1-11-5-8-17(9-6-11)13(14)16-10-12-4-2-3-7-15-12/h2-4,7,11H,5-6,8-10H2,1H3,(H2,14,16). The molecular weight excluding hydrogens is 212 g/mol. The van der Waals surface area contributed by atoms with Gasteiger partial charge < -0.3 is 10.6 Å². The zero-order chi connectivity index (χ0) is 12.1. The Morgan fingerprint density at radius 3 is 2.88 bits per heavy atom. The fraction of sp³-hybridized carbons (Fsp3) is 0.538. The lowest BCUT2D eigenvalue weighted by Crippen LogP contribution is -2.42. The van der Waals surface area contributed by atoms with Crippen LogP contribution in [0.2, 0.25) is 0 Å². The molecule has 4 heteroatoms. The zero-order valence-electron chi connectivity index (χ0n) is 10.3. The van der Waals surface area contributed by atoms with Crippen LogP contribution in [0.4, 0.5) is 0 Å². The first-order chi connectivity index (χ1) is 8.25. The molecule has 0 unspecified atom stereocenters. The van der Waals surface area contributed by atoms with Gasteiger partial charge >= 0.3 is 0 Å². The molecule has 2 N–H and O–H groups in total. The Hall–Kier alpha value is -1.58. The van der Waals surface area contributed by atoms with Crippen LogP contribution in [0.15, 0.2) is 29.4 Å². The Balaban J connectivity index is 1.89. The second-order valence-corrected chi connectivity index (χ2v) is 4.67.